The van der Waals surface area contributed by atoms with Gasteiger partial charge in [0.2, 0.25) is 11.8 Å². The van der Waals surface area contributed by atoms with Gasteiger partial charge < -0.3 is 10.1 Å². The Kier molecular flexibility index (Phi) is 6.74. The number of methoxy groups -OCH3 is 1. The first-order valence-corrected chi connectivity index (χ1v) is 8.29. The van der Waals surface area contributed by atoms with Crippen LogP contribution in [0, 0.1) is 13.8 Å². The Balaban J connectivity index is 1.86. The van der Waals surface area contributed by atoms with E-state index in [1.54, 1.807) is 31.4 Å². The monoisotopic (exact) mass is 373 g/mol. The first-order valence-electron chi connectivity index (χ1n) is 7.91. The summed E-state index contributed by atoms with van der Waals surface area (Å²) in [5.74, 6) is -0.210. The number of benzene rings is 2. The smallest absolute Gasteiger partial charge is 0.249 e. The molecule has 2 aromatic carbocycles. The molecule has 0 bridgehead atoms. The van der Waals surface area contributed by atoms with Gasteiger partial charge in [-0.25, -0.2) is 5.43 Å². The number of hydrogen-bond acceptors (Lipinski definition) is 4. The van der Waals surface area contributed by atoms with Crippen molar-refractivity contribution < 1.29 is 14.3 Å². The number of nitrogens with zero attached hydrogens (tertiary/aromatic N) is 1. The summed E-state index contributed by atoms with van der Waals surface area (Å²) in [4.78, 5) is 23.7. The maximum absolute atomic E-state index is 11.9. The first-order chi connectivity index (χ1) is 12.4. The lowest BCUT2D eigenvalue weighted by Crippen LogP contribution is -2.24. The summed E-state index contributed by atoms with van der Waals surface area (Å²) in [7, 11) is 1.60. The van der Waals surface area contributed by atoms with Gasteiger partial charge in [-0.1, -0.05) is 17.7 Å². The molecule has 0 aliphatic heterocycles. The van der Waals surface area contributed by atoms with Gasteiger partial charge in [0.1, 0.15) is 12.2 Å². The van der Waals surface area contributed by atoms with Gasteiger partial charge in [0.25, 0.3) is 0 Å². The van der Waals surface area contributed by atoms with Crippen molar-refractivity contribution in [2.45, 2.75) is 20.3 Å². The lowest BCUT2D eigenvalue weighted by Gasteiger charge is -2.06. The summed E-state index contributed by atoms with van der Waals surface area (Å²) < 4.78 is 5.13. The molecule has 136 valence electrons. The van der Waals surface area contributed by atoms with Gasteiger partial charge in [0, 0.05) is 10.7 Å². The van der Waals surface area contributed by atoms with Crippen LogP contribution < -0.4 is 15.5 Å². The van der Waals surface area contributed by atoms with E-state index >= 15 is 0 Å². The van der Waals surface area contributed by atoms with Crippen LogP contribution in [0.2, 0.25) is 5.02 Å². The number of aryl methyl sites for hydroxylation is 2. The highest BCUT2D eigenvalue weighted by Crippen LogP contribution is 2.20. The van der Waals surface area contributed by atoms with E-state index in [0.717, 1.165) is 22.4 Å². The zero-order valence-electron chi connectivity index (χ0n) is 14.8. The molecule has 0 aromatic heterocycles. The lowest BCUT2D eigenvalue weighted by atomic mass is 10.1. The van der Waals surface area contributed by atoms with Crippen LogP contribution in [0.1, 0.15) is 23.1 Å². The first kappa shape index (κ1) is 19.5. The van der Waals surface area contributed by atoms with Crippen LogP contribution in [0.25, 0.3) is 0 Å². The zero-order chi connectivity index (χ0) is 19.1. The Morgan fingerprint density at radius 2 is 1.88 bits per heavy atom. The second kappa shape index (κ2) is 9.01. The fraction of sp³-hybridized carbons (Fsp3) is 0.211. The summed E-state index contributed by atoms with van der Waals surface area (Å²) in [5, 5.41) is 7.05. The minimum atomic E-state index is -0.511. The number of hydrazone groups is 1. The molecule has 0 unspecified atom stereocenters. The van der Waals surface area contributed by atoms with E-state index < -0.39 is 11.8 Å². The van der Waals surface area contributed by atoms with Crippen LogP contribution in [0.4, 0.5) is 5.69 Å². The Labute approximate surface area is 157 Å². The van der Waals surface area contributed by atoms with Crippen molar-refractivity contribution in [3.05, 3.63) is 58.1 Å². The molecule has 2 rings (SSSR count). The molecule has 0 spiro atoms. The van der Waals surface area contributed by atoms with Crippen molar-refractivity contribution in [3.8, 4) is 5.75 Å². The lowest BCUT2D eigenvalue weighted by molar-refractivity contribution is -0.126. The van der Waals surface area contributed by atoms with Gasteiger partial charge in [-0.15, -0.1) is 0 Å². The number of nitrogens with one attached hydrogen (secondary N) is 2. The fourth-order valence-corrected chi connectivity index (χ4v) is 2.34. The molecular formula is C19H20ClN3O3. The third-order valence-corrected chi connectivity index (χ3v) is 4.05. The average Bonchev–Trinajstić information content (AvgIpc) is 2.59. The highest BCUT2D eigenvalue weighted by atomic mass is 35.5. The molecule has 0 atom stereocenters. The SMILES string of the molecule is COc1ccc(C=NNC(=O)CC(=O)Nc2ccc(C)c(Cl)c2)c(C)c1. The Hall–Kier alpha value is -2.86. The van der Waals surface area contributed by atoms with Crippen molar-refractivity contribution in [3.63, 3.8) is 0 Å². The summed E-state index contributed by atoms with van der Waals surface area (Å²) >= 11 is 6.00. The molecule has 0 heterocycles. The molecule has 0 aliphatic rings. The molecule has 0 fully saturated rings. The maximum Gasteiger partial charge on any atom is 0.249 e. The summed E-state index contributed by atoms with van der Waals surface area (Å²) in [6, 6.07) is 10.6. The second-order valence-corrected chi connectivity index (χ2v) is 6.11. The molecule has 7 heteroatoms. The van der Waals surface area contributed by atoms with E-state index in [9.17, 15) is 9.59 Å². The molecular weight excluding hydrogens is 354 g/mol. The molecule has 26 heavy (non-hydrogen) atoms. The number of hydrogen-bond donors (Lipinski definition) is 2. The van der Waals surface area contributed by atoms with Gasteiger partial charge in [0.05, 0.1) is 13.3 Å². The van der Waals surface area contributed by atoms with Crippen LogP contribution in [-0.4, -0.2) is 25.1 Å². The van der Waals surface area contributed by atoms with E-state index in [4.69, 9.17) is 16.3 Å². The standard InChI is InChI=1S/C19H20ClN3O3/c1-12-4-6-15(9-17(12)20)22-18(24)10-19(25)23-21-11-14-5-7-16(26-3)8-13(14)2/h4-9,11H,10H2,1-3H3,(H,22,24)(H,23,25). The van der Waals surface area contributed by atoms with Gasteiger partial charge in [-0.05, 0) is 60.9 Å². The van der Waals surface area contributed by atoms with Crippen LogP contribution in [0.15, 0.2) is 41.5 Å². The molecule has 2 N–H and O–H groups in total. The number of anilines is 1. The quantitative estimate of drug-likeness (QED) is 0.462. The van der Waals surface area contributed by atoms with E-state index in [-0.39, 0.29) is 6.42 Å². The van der Waals surface area contributed by atoms with E-state index in [1.165, 1.54) is 6.21 Å². The maximum atomic E-state index is 11.9. The number of halogens is 1. The van der Waals surface area contributed by atoms with Crippen LogP contribution in [0.3, 0.4) is 0 Å². The Morgan fingerprint density at radius 1 is 1.12 bits per heavy atom. The second-order valence-electron chi connectivity index (χ2n) is 5.70. The van der Waals surface area contributed by atoms with Crippen LogP contribution in [0.5, 0.6) is 5.75 Å². The minimum Gasteiger partial charge on any atom is -0.497 e. The van der Waals surface area contributed by atoms with Gasteiger partial charge in [-0.3, -0.25) is 9.59 Å². The molecule has 0 saturated carbocycles. The number of carbonyl (C=O) groups is 2. The van der Waals surface area contributed by atoms with E-state index in [0.29, 0.717) is 10.7 Å². The van der Waals surface area contributed by atoms with Crippen molar-refractivity contribution in [1.82, 2.24) is 5.43 Å². The van der Waals surface area contributed by atoms with Crippen molar-refractivity contribution in [2.24, 2.45) is 5.10 Å². The average molecular weight is 374 g/mol. The van der Waals surface area contributed by atoms with E-state index in [2.05, 4.69) is 15.8 Å². The molecule has 0 radical (unpaired) electrons. The van der Waals surface area contributed by atoms with Crippen molar-refractivity contribution in [1.29, 1.82) is 0 Å². The molecule has 6 nitrogen and oxygen atoms in total. The topological polar surface area (TPSA) is 79.8 Å². The summed E-state index contributed by atoms with van der Waals surface area (Å²) in [6.07, 6.45) is 1.18. The summed E-state index contributed by atoms with van der Waals surface area (Å²) in [5.41, 5.74) is 5.57. The Bertz CT molecular complexity index is 850. The van der Waals surface area contributed by atoms with Crippen molar-refractivity contribution in [2.75, 3.05) is 12.4 Å². The third kappa shape index (κ3) is 5.60. The van der Waals surface area contributed by atoms with E-state index in [1.807, 2.05) is 26.0 Å². The predicted molar refractivity (Wildman–Crippen MR) is 103 cm³/mol. The zero-order valence-corrected chi connectivity index (χ0v) is 15.6. The van der Waals surface area contributed by atoms with Crippen LogP contribution >= 0.6 is 11.6 Å². The number of ether oxygens (including phenoxy) is 1. The number of rotatable bonds is 6. The number of amides is 2. The molecule has 2 amide bonds. The van der Waals surface area contributed by atoms with Gasteiger partial charge >= 0.3 is 0 Å². The minimum absolute atomic E-state index is 0.343. The number of carbonyl (C=O) groups excluding carboxylic acids is 2. The highest BCUT2D eigenvalue weighted by molar-refractivity contribution is 6.31. The van der Waals surface area contributed by atoms with Gasteiger partial charge in [-0.2, -0.15) is 5.10 Å². The fourth-order valence-electron chi connectivity index (χ4n) is 2.15. The normalized spacial score (nSPS) is 10.6. The molecule has 0 saturated heterocycles. The molecule has 2 aromatic rings. The third-order valence-electron chi connectivity index (χ3n) is 3.65. The van der Waals surface area contributed by atoms with Crippen LogP contribution in [-0.2, 0) is 9.59 Å². The summed E-state index contributed by atoms with van der Waals surface area (Å²) in [6.45, 7) is 3.77. The molecule has 0 aliphatic carbocycles. The van der Waals surface area contributed by atoms with Crippen molar-refractivity contribution >= 4 is 35.3 Å². The van der Waals surface area contributed by atoms with Gasteiger partial charge in [0.15, 0.2) is 0 Å². The highest BCUT2D eigenvalue weighted by Gasteiger charge is 2.09. The Morgan fingerprint density at radius 3 is 2.54 bits per heavy atom. The largest absolute Gasteiger partial charge is 0.497 e. The predicted octanol–water partition coefficient (Wildman–Crippen LogP) is 3.44.